The van der Waals surface area contributed by atoms with Gasteiger partial charge in [0.1, 0.15) is 0 Å². The molecule has 1 heterocycles. The summed E-state index contributed by atoms with van der Waals surface area (Å²) in [6.07, 6.45) is 0.208. The lowest BCUT2D eigenvalue weighted by Crippen LogP contribution is -1.99. The zero-order valence-corrected chi connectivity index (χ0v) is 10.1. The smallest absolute Gasteiger partial charge is 0.303 e. The van der Waals surface area contributed by atoms with E-state index in [1.54, 1.807) is 18.2 Å². The number of halogens is 1. The summed E-state index contributed by atoms with van der Waals surface area (Å²) in [5, 5.41) is 13.0. The summed E-state index contributed by atoms with van der Waals surface area (Å²) >= 11 is 6.08. The molecule has 2 aromatic rings. The van der Waals surface area contributed by atoms with Crippen LogP contribution in [0.5, 0.6) is 0 Å². The monoisotopic (exact) mass is 266 g/mol. The van der Waals surface area contributed by atoms with Crippen LogP contribution in [0.1, 0.15) is 12.1 Å². The summed E-state index contributed by atoms with van der Waals surface area (Å²) in [6, 6.07) is 7.13. The molecule has 3 N–H and O–H groups in total. The summed E-state index contributed by atoms with van der Waals surface area (Å²) in [7, 11) is 0. The number of nitrogen functional groups attached to an aromatic ring is 1. The molecule has 0 aliphatic rings. The molecule has 0 amide bonds. The van der Waals surface area contributed by atoms with Crippen LogP contribution in [0, 0.1) is 0 Å². The molecule has 5 nitrogen and oxygen atoms in total. The van der Waals surface area contributed by atoms with E-state index in [1.807, 2.05) is 6.07 Å². The Morgan fingerprint density at radius 3 is 2.83 bits per heavy atom. The van der Waals surface area contributed by atoms with E-state index in [9.17, 15) is 4.79 Å². The summed E-state index contributed by atoms with van der Waals surface area (Å²) in [4.78, 5) is 10.6. The predicted octanol–water partition coefficient (Wildman–Crippen LogP) is 2.59. The molecular formula is C12H11ClN2O3. The third kappa shape index (κ3) is 2.46. The van der Waals surface area contributed by atoms with Gasteiger partial charge in [-0.25, -0.2) is 0 Å². The van der Waals surface area contributed by atoms with Gasteiger partial charge in [-0.2, -0.15) is 0 Å². The van der Waals surface area contributed by atoms with Crippen molar-refractivity contribution >= 4 is 23.5 Å². The van der Waals surface area contributed by atoms with Gasteiger partial charge in [0.15, 0.2) is 0 Å². The standard InChI is InChI=1S/C12H11ClN2O3/c13-8-4-2-1-3-7(8)11-9(5-6-10(16)17)15-18-12(11)14/h1-4H,5-6,14H2,(H,16,17). The van der Waals surface area contributed by atoms with Crippen LogP contribution >= 0.6 is 11.6 Å². The number of hydrogen-bond acceptors (Lipinski definition) is 4. The number of anilines is 1. The minimum Gasteiger partial charge on any atom is -0.481 e. The first-order chi connectivity index (χ1) is 8.59. The highest BCUT2D eigenvalue weighted by atomic mass is 35.5. The zero-order chi connectivity index (χ0) is 13.1. The van der Waals surface area contributed by atoms with Gasteiger partial charge in [0, 0.05) is 17.0 Å². The van der Waals surface area contributed by atoms with Gasteiger partial charge < -0.3 is 15.4 Å². The van der Waals surface area contributed by atoms with Crippen LogP contribution in [-0.2, 0) is 11.2 Å². The Hall–Kier alpha value is -2.01. The van der Waals surface area contributed by atoms with Crippen molar-refractivity contribution < 1.29 is 14.4 Å². The van der Waals surface area contributed by atoms with Crippen LogP contribution in [-0.4, -0.2) is 16.2 Å². The maximum atomic E-state index is 10.6. The third-order valence-corrected chi connectivity index (χ3v) is 2.84. The average molecular weight is 267 g/mol. The fourth-order valence-corrected chi connectivity index (χ4v) is 1.92. The summed E-state index contributed by atoms with van der Waals surface area (Å²) in [5.41, 5.74) is 7.48. The number of aliphatic carboxylic acids is 1. The maximum absolute atomic E-state index is 10.6. The Morgan fingerprint density at radius 1 is 1.44 bits per heavy atom. The number of nitrogens with zero attached hydrogens (tertiary/aromatic N) is 1. The molecule has 2 rings (SSSR count). The van der Waals surface area contributed by atoms with Crippen LogP contribution < -0.4 is 5.73 Å². The summed E-state index contributed by atoms with van der Waals surface area (Å²) in [6.45, 7) is 0. The minimum absolute atomic E-state index is 0.0383. The molecule has 0 radical (unpaired) electrons. The summed E-state index contributed by atoms with van der Waals surface area (Å²) < 4.78 is 4.91. The molecule has 0 fully saturated rings. The van der Waals surface area contributed by atoms with E-state index in [2.05, 4.69) is 5.16 Å². The number of carboxylic acids is 1. The Balaban J connectivity index is 2.41. The SMILES string of the molecule is Nc1onc(CCC(=O)O)c1-c1ccccc1Cl. The first-order valence-corrected chi connectivity index (χ1v) is 5.68. The van der Waals surface area contributed by atoms with Gasteiger partial charge >= 0.3 is 5.97 Å². The second kappa shape index (κ2) is 5.10. The molecular weight excluding hydrogens is 256 g/mol. The summed E-state index contributed by atoms with van der Waals surface area (Å²) in [5.74, 6) is -0.759. The number of rotatable bonds is 4. The third-order valence-electron chi connectivity index (χ3n) is 2.51. The maximum Gasteiger partial charge on any atom is 0.303 e. The molecule has 6 heteroatoms. The van der Waals surface area contributed by atoms with Crippen molar-refractivity contribution in [2.75, 3.05) is 5.73 Å². The fraction of sp³-hybridized carbons (Fsp3) is 0.167. The van der Waals surface area contributed by atoms with Crippen molar-refractivity contribution in [3.63, 3.8) is 0 Å². The second-order valence-corrected chi connectivity index (χ2v) is 4.15. The second-order valence-electron chi connectivity index (χ2n) is 3.74. The van der Waals surface area contributed by atoms with Gasteiger partial charge in [0.25, 0.3) is 0 Å². The number of benzene rings is 1. The van der Waals surface area contributed by atoms with Crippen molar-refractivity contribution in [2.45, 2.75) is 12.8 Å². The van der Waals surface area contributed by atoms with Crippen molar-refractivity contribution in [2.24, 2.45) is 0 Å². The van der Waals surface area contributed by atoms with E-state index in [0.29, 0.717) is 21.8 Å². The lowest BCUT2D eigenvalue weighted by molar-refractivity contribution is -0.136. The first-order valence-electron chi connectivity index (χ1n) is 5.30. The number of carboxylic acid groups (broad SMARTS) is 1. The molecule has 0 spiro atoms. The van der Waals surface area contributed by atoms with Crippen LogP contribution in [0.15, 0.2) is 28.8 Å². The van der Waals surface area contributed by atoms with Crippen LogP contribution in [0.3, 0.4) is 0 Å². The highest BCUT2D eigenvalue weighted by Gasteiger charge is 2.18. The number of hydrogen-bond donors (Lipinski definition) is 2. The van der Waals surface area contributed by atoms with E-state index in [4.69, 9.17) is 27.0 Å². The quantitative estimate of drug-likeness (QED) is 0.888. The lowest BCUT2D eigenvalue weighted by atomic mass is 10.0. The van der Waals surface area contributed by atoms with E-state index < -0.39 is 5.97 Å². The number of nitrogens with two attached hydrogens (primary N) is 1. The normalized spacial score (nSPS) is 10.5. The highest BCUT2D eigenvalue weighted by Crippen LogP contribution is 2.35. The first kappa shape index (κ1) is 12.4. The van der Waals surface area contributed by atoms with E-state index in [0.717, 1.165) is 0 Å². The molecule has 94 valence electrons. The molecule has 18 heavy (non-hydrogen) atoms. The Bertz CT molecular complexity index is 580. The molecule has 0 unspecified atom stereocenters. The molecule has 0 atom stereocenters. The Kier molecular flexibility index (Phi) is 3.53. The van der Waals surface area contributed by atoms with E-state index in [1.165, 1.54) is 0 Å². The van der Waals surface area contributed by atoms with Gasteiger partial charge in [-0.15, -0.1) is 0 Å². The Labute approximate surface area is 108 Å². The molecule has 0 bridgehead atoms. The van der Waals surface area contributed by atoms with E-state index in [-0.39, 0.29) is 18.7 Å². The number of aromatic nitrogens is 1. The van der Waals surface area contributed by atoms with Gasteiger partial charge in [-0.05, 0) is 6.07 Å². The Morgan fingerprint density at radius 2 is 2.17 bits per heavy atom. The van der Waals surface area contributed by atoms with Crippen molar-refractivity contribution in [3.8, 4) is 11.1 Å². The number of aryl methyl sites for hydroxylation is 1. The average Bonchev–Trinajstić information content (AvgIpc) is 2.69. The molecule has 0 aliphatic heterocycles. The van der Waals surface area contributed by atoms with E-state index >= 15 is 0 Å². The molecule has 0 aliphatic carbocycles. The minimum atomic E-state index is -0.901. The topological polar surface area (TPSA) is 89.4 Å². The zero-order valence-electron chi connectivity index (χ0n) is 9.39. The van der Waals surface area contributed by atoms with Crippen molar-refractivity contribution in [1.29, 1.82) is 0 Å². The number of carbonyl (C=O) groups is 1. The van der Waals surface area contributed by atoms with Crippen LogP contribution in [0.2, 0.25) is 5.02 Å². The molecule has 1 aromatic carbocycles. The predicted molar refractivity (Wildman–Crippen MR) is 67.3 cm³/mol. The van der Waals surface area contributed by atoms with Crippen molar-refractivity contribution in [1.82, 2.24) is 5.16 Å². The van der Waals surface area contributed by atoms with Gasteiger partial charge in [-0.3, -0.25) is 4.79 Å². The molecule has 0 saturated heterocycles. The lowest BCUT2D eigenvalue weighted by Gasteiger charge is -2.03. The van der Waals surface area contributed by atoms with Gasteiger partial charge in [0.2, 0.25) is 5.88 Å². The highest BCUT2D eigenvalue weighted by molar-refractivity contribution is 6.33. The van der Waals surface area contributed by atoms with Crippen LogP contribution in [0.4, 0.5) is 5.88 Å². The molecule has 1 aromatic heterocycles. The van der Waals surface area contributed by atoms with Crippen LogP contribution in [0.25, 0.3) is 11.1 Å². The molecule has 0 saturated carbocycles. The fourth-order valence-electron chi connectivity index (χ4n) is 1.69. The van der Waals surface area contributed by atoms with Crippen molar-refractivity contribution in [3.05, 3.63) is 35.0 Å². The van der Waals surface area contributed by atoms with Gasteiger partial charge in [0.05, 0.1) is 17.7 Å². The largest absolute Gasteiger partial charge is 0.481 e. The van der Waals surface area contributed by atoms with Gasteiger partial charge in [-0.1, -0.05) is 35.0 Å².